The van der Waals surface area contributed by atoms with Crippen LogP contribution in [0.5, 0.6) is 5.75 Å². The second-order valence-corrected chi connectivity index (χ2v) is 4.20. The summed E-state index contributed by atoms with van der Waals surface area (Å²) in [5.74, 6) is 0.280. The Balaban J connectivity index is 0.00000200. The maximum atomic E-state index is 12.9. The van der Waals surface area contributed by atoms with Crippen molar-refractivity contribution >= 4 is 12.4 Å². The maximum absolute atomic E-state index is 12.9. The topological polar surface area (TPSA) is 39.9 Å². The summed E-state index contributed by atoms with van der Waals surface area (Å²) in [6, 6.07) is 4.00. The van der Waals surface area contributed by atoms with Crippen molar-refractivity contribution in [3.63, 3.8) is 0 Å². The van der Waals surface area contributed by atoms with E-state index in [9.17, 15) is 12.9 Å². The summed E-state index contributed by atoms with van der Waals surface area (Å²) in [6.07, 6.45) is 1.32. The number of hydrogen-bond acceptors (Lipinski definition) is 3. The van der Waals surface area contributed by atoms with Gasteiger partial charge in [0.2, 0.25) is 0 Å². The molecule has 1 heterocycles. The molecule has 0 aliphatic carbocycles. The molecule has 0 radical (unpaired) electrons. The molecule has 1 aromatic carbocycles. The molecule has 20 heavy (non-hydrogen) atoms. The van der Waals surface area contributed by atoms with Gasteiger partial charge in [0.15, 0.2) is 5.82 Å². The molecule has 0 aliphatic rings. The third-order valence-electron chi connectivity index (χ3n) is 2.68. The minimum absolute atomic E-state index is 0. The van der Waals surface area contributed by atoms with Gasteiger partial charge < -0.3 is 17.7 Å². The van der Waals surface area contributed by atoms with E-state index in [4.69, 9.17) is 4.74 Å². The van der Waals surface area contributed by atoms with E-state index < -0.39 is 12.4 Å². The Bertz CT molecular complexity index is 589. The molecule has 0 bridgehead atoms. The van der Waals surface area contributed by atoms with Crippen LogP contribution in [-0.4, -0.2) is 21.7 Å². The van der Waals surface area contributed by atoms with Crippen molar-refractivity contribution in [2.24, 2.45) is 7.05 Å². The number of nitrogens with zero attached hydrogens (tertiary/aromatic N) is 3. The van der Waals surface area contributed by atoms with E-state index in [0.717, 1.165) is 6.07 Å². The number of benzene rings is 1. The average molecular weight is 309 g/mol. The second kappa shape index (κ2) is 7.08. The monoisotopic (exact) mass is 309 g/mol. The fourth-order valence-electron chi connectivity index (χ4n) is 1.65. The summed E-state index contributed by atoms with van der Waals surface area (Å²) >= 11 is 0. The number of aromatic nitrogens is 3. The Morgan fingerprint density at radius 3 is 2.55 bits per heavy atom. The van der Waals surface area contributed by atoms with Gasteiger partial charge in [0.25, 0.3) is 0 Å². The van der Waals surface area contributed by atoms with Crippen LogP contribution in [0.15, 0.2) is 24.5 Å². The molecule has 0 N–H and O–H groups in total. The summed E-state index contributed by atoms with van der Waals surface area (Å²) in [5.41, 5.74) is -0.178. The Morgan fingerprint density at radius 1 is 1.30 bits per heavy atom. The molecular weight excluding hydrogens is 297 g/mol. The van der Waals surface area contributed by atoms with Gasteiger partial charge in [-0.1, -0.05) is 23.2 Å². The van der Waals surface area contributed by atoms with Crippen molar-refractivity contribution in [1.29, 1.82) is 0 Å². The summed E-state index contributed by atoms with van der Waals surface area (Å²) in [5, 5.41) is 3.82. The van der Waals surface area contributed by atoms with Crippen LogP contribution in [-0.2, 0) is 13.7 Å². The molecule has 0 amide bonds. The van der Waals surface area contributed by atoms with E-state index in [1.54, 1.807) is 20.0 Å². The van der Waals surface area contributed by atoms with Crippen molar-refractivity contribution in [2.75, 3.05) is 0 Å². The van der Waals surface area contributed by atoms with Crippen LogP contribution in [0.3, 0.4) is 0 Å². The van der Waals surface area contributed by atoms with Gasteiger partial charge >= 0.3 is 58.4 Å². The molecule has 0 fully saturated rings. The molecule has 2 rings (SSSR count). The number of rotatable bonds is 4. The molecule has 0 unspecified atom stereocenters. The predicted molar refractivity (Wildman–Crippen MR) is 65.2 cm³/mol. The third kappa shape index (κ3) is 4.32. The van der Waals surface area contributed by atoms with E-state index in [0.29, 0.717) is 11.4 Å². The first-order valence-corrected chi connectivity index (χ1v) is 5.64. The quantitative estimate of drug-likeness (QED) is 0.664. The zero-order chi connectivity index (χ0) is 14.0. The van der Waals surface area contributed by atoms with Gasteiger partial charge in [0.05, 0.1) is 5.75 Å². The van der Waals surface area contributed by atoms with Crippen LogP contribution in [0.2, 0.25) is 0 Å². The molecule has 1 aromatic heterocycles. The normalized spacial score (nSPS) is 11.1. The fraction of sp³-hybridized carbons (Fsp3) is 0.273. The van der Waals surface area contributed by atoms with Crippen molar-refractivity contribution in [2.45, 2.75) is 13.5 Å². The molecule has 0 saturated carbocycles. The van der Waals surface area contributed by atoms with Gasteiger partial charge in [-0.3, -0.25) is 4.68 Å². The zero-order valence-corrected chi connectivity index (χ0v) is 14.6. The van der Waals surface area contributed by atoms with Crippen molar-refractivity contribution < 1.29 is 69.1 Å². The van der Waals surface area contributed by atoms with Gasteiger partial charge in [0.1, 0.15) is 12.9 Å². The summed E-state index contributed by atoms with van der Waals surface area (Å²) in [6.45, 7) is -3.55. The Hall–Kier alpha value is -0.349. The molecule has 9 heteroatoms. The van der Waals surface area contributed by atoms with Crippen LogP contribution in [0.1, 0.15) is 11.4 Å². The van der Waals surface area contributed by atoms with Gasteiger partial charge in [-0.25, -0.2) is 4.98 Å². The van der Waals surface area contributed by atoms with Crippen molar-refractivity contribution in [3.05, 3.63) is 35.9 Å². The Morgan fingerprint density at radius 2 is 2.00 bits per heavy atom. The summed E-state index contributed by atoms with van der Waals surface area (Å²) < 4.78 is 45.4. The average Bonchev–Trinajstić information content (AvgIpc) is 2.72. The molecule has 2 aromatic rings. The largest absolute Gasteiger partial charge is 1.00 e. The second-order valence-electron chi connectivity index (χ2n) is 4.20. The molecule has 0 aliphatic heterocycles. The predicted octanol–water partition coefficient (Wildman–Crippen LogP) is -1.24. The number of aryl methyl sites for hydroxylation is 2. The van der Waals surface area contributed by atoms with Gasteiger partial charge in [-0.05, 0) is 13.0 Å². The number of hydrogen-bond donors (Lipinski definition) is 0. The van der Waals surface area contributed by atoms with Gasteiger partial charge in [-0.15, -0.1) is 0 Å². The number of ether oxygens (including phenoxy) is 1. The summed E-state index contributed by atoms with van der Waals surface area (Å²) in [4.78, 5) is 3.89. The van der Waals surface area contributed by atoms with Crippen molar-refractivity contribution in [1.82, 2.24) is 14.8 Å². The van der Waals surface area contributed by atoms with E-state index in [1.165, 1.54) is 17.1 Å². The number of halogens is 3. The molecule has 0 spiro atoms. The standard InChI is InChI=1S/C11H12BF3N3O.K/c1-8-3-4-10(9(5-8)12(13,14)15)19-6-11-16-7-17-18(11)2;/h3-5,7H,6H2,1-2H3;/q-1;+1. The van der Waals surface area contributed by atoms with E-state index in [2.05, 4.69) is 10.1 Å². The first-order chi connectivity index (χ1) is 8.88. The molecule has 4 nitrogen and oxygen atoms in total. The van der Waals surface area contributed by atoms with Gasteiger partial charge in [-0.2, -0.15) is 5.10 Å². The Labute approximate surface area is 157 Å². The van der Waals surface area contributed by atoms with Crippen LogP contribution >= 0.6 is 0 Å². The van der Waals surface area contributed by atoms with Crippen molar-refractivity contribution in [3.8, 4) is 5.75 Å². The fourth-order valence-corrected chi connectivity index (χ4v) is 1.65. The molecule has 0 atom stereocenters. The SMILES string of the molecule is Cc1ccc(OCc2ncnn2C)c([B-](F)(F)F)c1.[K+]. The van der Waals surface area contributed by atoms with E-state index >= 15 is 0 Å². The minimum atomic E-state index is -5.10. The third-order valence-corrected chi connectivity index (χ3v) is 2.68. The van der Waals surface area contributed by atoms with E-state index in [1.807, 2.05) is 0 Å². The van der Waals surface area contributed by atoms with Crippen LogP contribution in [0.4, 0.5) is 12.9 Å². The van der Waals surface area contributed by atoms with E-state index in [-0.39, 0.29) is 63.7 Å². The maximum Gasteiger partial charge on any atom is 1.00 e. The van der Waals surface area contributed by atoms with Gasteiger partial charge in [0, 0.05) is 7.05 Å². The first-order valence-electron chi connectivity index (χ1n) is 5.64. The first kappa shape index (κ1) is 17.7. The summed E-state index contributed by atoms with van der Waals surface area (Å²) in [7, 11) is 1.65. The van der Waals surface area contributed by atoms with Crippen LogP contribution in [0.25, 0.3) is 0 Å². The molecule has 102 valence electrons. The molecular formula is C11H12BF3KN3O. The smallest absolute Gasteiger partial charge is 0.489 e. The Kier molecular flexibility index (Phi) is 6.27. The zero-order valence-electron chi connectivity index (χ0n) is 11.5. The minimum Gasteiger partial charge on any atom is -0.489 e. The molecule has 0 saturated heterocycles. The van der Waals surface area contributed by atoms with Crippen LogP contribution in [0, 0.1) is 6.92 Å². The van der Waals surface area contributed by atoms with Crippen LogP contribution < -0.4 is 61.6 Å².